The van der Waals surface area contributed by atoms with Gasteiger partial charge in [-0.1, -0.05) is 0 Å². The van der Waals surface area contributed by atoms with Crippen LogP contribution in [0.5, 0.6) is 0 Å². The molecule has 0 aromatic rings. The number of esters is 1. The normalized spacial score (nSPS) is 10.2. The summed E-state index contributed by atoms with van der Waals surface area (Å²) in [6.07, 6.45) is -0.0397. The van der Waals surface area contributed by atoms with E-state index in [0.29, 0.717) is 13.1 Å². The molecule has 0 aliphatic heterocycles. The Labute approximate surface area is 67.1 Å². The molecule has 0 fully saturated rings. The van der Waals surface area contributed by atoms with Crippen molar-refractivity contribution in [1.82, 2.24) is 5.32 Å². The summed E-state index contributed by atoms with van der Waals surface area (Å²) >= 11 is 0. The zero-order valence-corrected chi connectivity index (χ0v) is 7.09. The Morgan fingerprint density at radius 2 is 2.27 bits per heavy atom. The van der Waals surface area contributed by atoms with E-state index in [0.717, 1.165) is 0 Å². The van der Waals surface area contributed by atoms with E-state index in [9.17, 15) is 4.79 Å². The molecule has 0 saturated heterocycles. The third-order valence-electron chi connectivity index (χ3n) is 0.958. The number of nitrogens with one attached hydrogen (secondary N) is 1. The van der Waals surface area contributed by atoms with Gasteiger partial charge < -0.3 is 15.8 Å². The van der Waals surface area contributed by atoms with Gasteiger partial charge in [0.15, 0.2) is 0 Å². The van der Waals surface area contributed by atoms with Crippen LogP contribution in [0.25, 0.3) is 0 Å². The van der Waals surface area contributed by atoms with Crippen LogP contribution in [-0.2, 0) is 9.53 Å². The molecule has 0 heterocycles. The Morgan fingerprint density at radius 1 is 1.64 bits per heavy atom. The summed E-state index contributed by atoms with van der Waals surface area (Å²) in [5.74, 6) is -0.228. The maximum atomic E-state index is 10.8. The summed E-state index contributed by atoms with van der Waals surface area (Å²) < 4.78 is 4.85. The van der Waals surface area contributed by atoms with E-state index in [1.54, 1.807) is 0 Å². The molecule has 0 rings (SSSR count). The molecule has 0 atom stereocenters. The van der Waals surface area contributed by atoms with Gasteiger partial charge in [0.2, 0.25) is 0 Å². The Hall–Kier alpha value is -0.610. The summed E-state index contributed by atoms with van der Waals surface area (Å²) in [5, 5.41) is 2.84. The van der Waals surface area contributed by atoms with Crippen molar-refractivity contribution in [3.05, 3.63) is 0 Å². The highest BCUT2D eigenvalue weighted by Crippen LogP contribution is 1.86. The molecule has 4 nitrogen and oxygen atoms in total. The van der Waals surface area contributed by atoms with Crippen LogP contribution < -0.4 is 11.1 Å². The fourth-order valence-corrected chi connectivity index (χ4v) is 0.597. The average Bonchev–Trinajstić information content (AvgIpc) is 1.86. The Balaban J connectivity index is 3.23. The van der Waals surface area contributed by atoms with Crippen molar-refractivity contribution < 1.29 is 9.53 Å². The summed E-state index contributed by atoms with van der Waals surface area (Å²) in [6, 6.07) is 0. The van der Waals surface area contributed by atoms with Crippen molar-refractivity contribution in [2.45, 2.75) is 20.0 Å². The minimum absolute atomic E-state index is 0.0397. The Kier molecular flexibility index (Phi) is 5.78. The molecule has 0 aromatic heterocycles. The average molecular weight is 160 g/mol. The maximum absolute atomic E-state index is 10.8. The molecule has 0 aliphatic carbocycles. The van der Waals surface area contributed by atoms with E-state index in [-0.39, 0.29) is 18.6 Å². The summed E-state index contributed by atoms with van der Waals surface area (Å²) in [6.45, 7) is 5.07. The number of carbonyl (C=O) groups is 1. The van der Waals surface area contributed by atoms with Crippen molar-refractivity contribution in [3.63, 3.8) is 0 Å². The number of hydrogen-bond donors (Lipinski definition) is 2. The van der Waals surface area contributed by atoms with Crippen molar-refractivity contribution in [1.29, 1.82) is 0 Å². The minimum Gasteiger partial charge on any atom is -0.462 e. The lowest BCUT2D eigenvalue weighted by Crippen LogP contribution is -2.30. The molecule has 4 heteroatoms. The fourth-order valence-electron chi connectivity index (χ4n) is 0.597. The Morgan fingerprint density at radius 3 is 2.73 bits per heavy atom. The molecular formula is C7H16N2O2. The van der Waals surface area contributed by atoms with Crippen molar-refractivity contribution >= 4 is 5.97 Å². The number of hydrogen-bond acceptors (Lipinski definition) is 4. The fraction of sp³-hybridized carbons (Fsp3) is 0.857. The van der Waals surface area contributed by atoms with Crippen LogP contribution in [0.4, 0.5) is 0 Å². The topological polar surface area (TPSA) is 64.3 Å². The lowest BCUT2D eigenvalue weighted by atomic mass is 10.5. The van der Waals surface area contributed by atoms with Gasteiger partial charge in [0, 0.05) is 13.1 Å². The Bertz CT molecular complexity index is 115. The van der Waals surface area contributed by atoms with Gasteiger partial charge in [0.05, 0.1) is 12.6 Å². The van der Waals surface area contributed by atoms with Gasteiger partial charge >= 0.3 is 5.97 Å². The first-order valence-electron chi connectivity index (χ1n) is 3.77. The lowest BCUT2D eigenvalue weighted by Gasteiger charge is -2.07. The first-order chi connectivity index (χ1) is 5.16. The molecule has 3 N–H and O–H groups in total. The van der Waals surface area contributed by atoms with Gasteiger partial charge in [-0.25, -0.2) is 0 Å². The highest BCUT2D eigenvalue weighted by atomic mass is 16.5. The number of ether oxygens (including phenoxy) is 1. The molecule has 0 aliphatic rings. The van der Waals surface area contributed by atoms with E-state index in [2.05, 4.69) is 5.32 Å². The molecule has 11 heavy (non-hydrogen) atoms. The second kappa shape index (κ2) is 6.12. The third kappa shape index (κ3) is 7.29. The quantitative estimate of drug-likeness (QED) is 0.420. The standard InChI is InChI=1S/C7H16N2O2/c1-6(2)11-7(10)5-9-4-3-8/h6,9H,3-5,8H2,1-2H3. The van der Waals surface area contributed by atoms with Crippen LogP contribution in [0, 0.1) is 0 Å². The maximum Gasteiger partial charge on any atom is 0.320 e. The molecule has 66 valence electrons. The highest BCUT2D eigenvalue weighted by molar-refractivity contribution is 5.71. The van der Waals surface area contributed by atoms with Crippen molar-refractivity contribution in [2.24, 2.45) is 5.73 Å². The molecule has 0 amide bonds. The predicted molar refractivity (Wildman–Crippen MR) is 43.2 cm³/mol. The monoisotopic (exact) mass is 160 g/mol. The van der Waals surface area contributed by atoms with Crippen molar-refractivity contribution in [3.8, 4) is 0 Å². The minimum atomic E-state index is -0.228. The zero-order chi connectivity index (χ0) is 8.69. The molecule has 0 unspecified atom stereocenters. The van der Waals surface area contributed by atoms with Gasteiger partial charge in [0.25, 0.3) is 0 Å². The summed E-state index contributed by atoms with van der Waals surface area (Å²) in [4.78, 5) is 10.8. The van der Waals surface area contributed by atoms with Gasteiger partial charge in [0.1, 0.15) is 0 Å². The van der Waals surface area contributed by atoms with Crippen LogP contribution in [0.2, 0.25) is 0 Å². The van der Waals surface area contributed by atoms with Gasteiger partial charge in [-0.3, -0.25) is 4.79 Å². The molecule has 0 spiro atoms. The van der Waals surface area contributed by atoms with Gasteiger partial charge in [-0.2, -0.15) is 0 Å². The molecule has 0 aromatic carbocycles. The number of nitrogens with two attached hydrogens (primary N) is 1. The van der Waals surface area contributed by atoms with Crippen LogP contribution in [-0.4, -0.2) is 31.7 Å². The summed E-state index contributed by atoms with van der Waals surface area (Å²) in [7, 11) is 0. The van der Waals surface area contributed by atoms with E-state index in [4.69, 9.17) is 10.5 Å². The molecule has 0 bridgehead atoms. The van der Waals surface area contributed by atoms with Gasteiger partial charge in [-0.15, -0.1) is 0 Å². The summed E-state index contributed by atoms with van der Waals surface area (Å²) in [5.41, 5.74) is 5.20. The highest BCUT2D eigenvalue weighted by Gasteiger charge is 2.02. The molecule has 0 radical (unpaired) electrons. The SMILES string of the molecule is CC(C)OC(=O)CNCCN. The number of rotatable bonds is 5. The van der Waals surface area contributed by atoms with Crippen LogP contribution in [0.1, 0.15) is 13.8 Å². The largest absolute Gasteiger partial charge is 0.462 e. The second-order valence-corrected chi connectivity index (χ2v) is 2.50. The third-order valence-corrected chi connectivity index (χ3v) is 0.958. The van der Waals surface area contributed by atoms with E-state index >= 15 is 0 Å². The second-order valence-electron chi connectivity index (χ2n) is 2.50. The van der Waals surface area contributed by atoms with E-state index in [1.165, 1.54) is 0 Å². The van der Waals surface area contributed by atoms with E-state index < -0.39 is 0 Å². The lowest BCUT2D eigenvalue weighted by molar-refractivity contribution is -0.146. The first-order valence-corrected chi connectivity index (χ1v) is 3.77. The smallest absolute Gasteiger partial charge is 0.320 e. The van der Waals surface area contributed by atoms with E-state index in [1.807, 2.05) is 13.8 Å². The predicted octanol–water partition coefficient (Wildman–Crippen LogP) is -0.514. The molecular weight excluding hydrogens is 144 g/mol. The van der Waals surface area contributed by atoms with Crippen molar-refractivity contribution in [2.75, 3.05) is 19.6 Å². The zero-order valence-electron chi connectivity index (χ0n) is 7.09. The van der Waals surface area contributed by atoms with Crippen LogP contribution in [0.3, 0.4) is 0 Å². The van der Waals surface area contributed by atoms with Crippen LogP contribution in [0.15, 0.2) is 0 Å². The van der Waals surface area contributed by atoms with Crippen LogP contribution >= 0.6 is 0 Å². The van der Waals surface area contributed by atoms with Gasteiger partial charge in [-0.05, 0) is 13.8 Å². The molecule has 0 saturated carbocycles. The number of carbonyl (C=O) groups excluding carboxylic acids is 1. The first kappa shape index (κ1) is 10.4.